The fourth-order valence-electron chi connectivity index (χ4n) is 5.39. The molecule has 36 heavy (non-hydrogen) atoms. The van der Waals surface area contributed by atoms with Crippen molar-refractivity contribution in [3.05, 3.63) is 120 Å². The van der Waals surface area contributed by atoms with Crippen molar-refractivity contribution in [3.63, 3.8) is 0 Å². The number of hydrogen-bond acceptors (Lipinski definition) is 2. The lowest BCUT2D eigenvalue weighted by Crippen LogP contribution is -2.16. The summed E-state index contributed by atoms with van der Waals surface area (Å²) in [6.45, 7) is 4.44. The molecule has 3 heteroatoms. The molecular weight excluding hydrogens is 438 g/mol. The minimum atomic E-state index is -0.162. The van der Waals surface area contributed by atoms with Crippen LogP contribution in [0, 0.1) is 0 Å². The first-order valence-electron chi connectivity index (χ1n) is 12.4. The summed E-state index contributed by atoms with van der Waals surface area (Å²) >= 11 is 0. The highest BCUT2D eigenvalue weighted by atomic mass is 15.2. The zero-order chi connectivity index (χ0) is 24.3. The predicted molar refractivity (Wildman–Crippen MR) is 149 cm³/mol. The number of para-hydroxylation sites is 2. The lowest BCUT2D eigenvalue weighted by atomic mass is 9.91. The molecule has 6 aromatic rings. The van der Waals surface area contributed by atoms with Gasteiger partial charge in [-0.05, 0) is 23.3 Å². The van der Waals surface area contributed by atoms with E-state index in [2.05, 4.69) is 128 Å². The smallest absolute Gasteiger partial charge is 0.235 e. The van der Waals surface area contributed by atoms with E-state index in [9.17, 15) is 0 Å². The molecule has 0 radical (unpaired) electrons. The van der Waals surface area contributed by atoms with Crippen LogP contribution in [0.5, 0.6) is 0 Å². The number of hydrogen-bond donors (Lipinski definition) is 0. The van der Waals surface area contributed by atoms with Crippen LogP contribution in [0.25, 0.3) is 56.2 Å². The van der Waals surface area contributed by atoms with E-state index >= 15 is 0 Å². The molecule has 0 N–H and O–H groups in total. The van der Waals surface area contributed by atoms with Crippen LogP contribution >= 0.6 is 0 Å². The van der Waals surface area contributed by atoms with Crippen LogP contribution in [-0.2, 0) is 5.41 Å². The molecule has 3 nitrogen and oxygen atoms in total. The first-order chi connectivity index (χ1) is 17.6. The average Bonchev–Trinajstić information content (AvgIpc) is 3.43. The maximum absolute atomic E-state index is 5.23. The Morgan fingerprint density at radius 2 is 1.14 bits per heavy atom. The topological polar surface area (TPSA) is 30.7 Å². The van der Waals surface area contributed by atoms with E-state index in [-0.39, 0.29) is 5.41 Å². The number of allylic oxidation sites excluding steroid dienone is 1. The van der Waals surface area contributed by atoms with Crippen molar-refractivity contribution >= 4 is 27.9 Å². The molecule has 0 unspecified atom stereocenters. The third kappa shape index (κ3) is 3.13. The van der Waals surface area contributed by atoms with Crippen molar-refractivity contribution in [1.82, 2.24) is 14.5 Å². The monoisotopic (exact) mass is 463 g/mol. The SMILES string of the molecule is CC1(C)C=Cc2c(-c3ccc(-c4ccccc4)cc3)nc(-n3c4ccccc4c4ccccc43)nc21. The van der Waals surface area contributed by atoms with Gasteiger partial charge in [0.1, 0.15) is 0 Å². The Hall–Kier alpha value is -4.50. The third-order valence-corrected chi connectivity index (χ3v) is 7.26. The van der Waals surface area contributed by atoms with E-state index < -0.39 is 0 Å². The van der Waals surface area contributed by atoms with Crippen molar-refractivity contribution in [1.29, 1.82) is 0 Å². The lowest BCUT2D eigenvalue weighted by Gasteiger charge is -2.19. The molecule has 0 spiro atoms. The molecule has 172 valence electrons. The van der Waals surface area contributed by atoms with Gasteiger partial charge in [-0.25, -0.2) is 9.97 Å². The van der Waals surface area contributed by atoms with Crippen LogP contribution in [-0.4, -0.2) is 14.5 Å². The molecule has 1 aliphatic carbocycles. The van der Waals surface area contributed by atoms with Crippen LogP contribution in [0.1, 0.15) is 25.1 Å². The Morgan fingerprint density at radius 3 is 1.81 bits per heavy atom. The Bertz CT molecular complexity index is 1740. The van der Waals surface area contributed by atoms with Crippen LogP contribution in [0.2, 0.25) is 0 Å². The first kappa shape index (κ1) is 20.8. The Labute approximate surface area is 210 Å². The second kappa shape index (κ2) is 7.76. The summed E-state index contributed by atoms with van der Waals surface area (Å²) in [6.07, 6.45) is 4.43. The number of rotatable bonds is 3. The first-order valence-corrected chi connectivity index (χ1v) is 12.4. The number of benzene rings is 4. The molecule has 0 aliphatic heterocycles. The van der Waals surface area contributed by atoms with Gasteiger partial charge in [0.15, 0.2) is 0 Å². The van der Waals surface area contributed by atoms with Gasteiger partial charge in [-0.15, -0.1) is 0 Å². The van der Waals surface area contributed by atoms with Gasteiger partial charge < -0.3 is 0 Å². The molecule has 0 bridgehead atoms. The van der Waals surface area contributed by atoms with E-state index in [0.29, 0.717) is 5.95 Å². The molecule has 0 amide bonds. The lowest BCUT2D eigenvalue weighted by molar-refractivity contribution is 0.651. The van der Waals surface area contributed by atoms with Gasteiger partial charge in [-0.2, -0.15) is 0 Å². The second-order valence-electron chi connectivity index (χ2n) is 10.0. The zero-order valence-corrected chi connectivity index (χ0v) is 20.3. The van der Waals surface area contributed by atoms with Gasteiger partial charge >= 0.3 is 0 Å². The largest absolute Gasteiger partial charge is 0.278 e. The van der Waals surface area contributed by atoms with Gasteiger partial charge in [0.25, 0.3) is 0 Å². The van der Waals surface area contributed by atoms with Crippen molar-refractivity contribution in [2.75, 3.05) is 0 Å². The Kier molecular flexibility index (Phi) is 4.49. The summed E-state index contributed by atoms with van der Waals surface area (Å²) in [5.74, 6) is 0.713. The molecule has 4 aromatic carbocycles. The molecule has 0 fully saturated rings. The van der Waals surface area contributed by atoms with Crippen LogP contribution in [0.3, 0.4) is 0 Å². The van der Waals surface area contributed by atoms with E-state index in [1.807, 2.05) is 6.07 Å². The minimum absolute atomic E-state index is 0.162. The highest BCUT2D eigenvalue weighted by Gasteiger charge is 2.31. The van der Waals surface area contributed by atoms with Crippen LogP contribution in [0.4, 0.5) is 0 Å². The molecular formula is C33H25N3. The quantitative estimate of drug-likeness (QED) is 0.265. The normalized spacial score (nSPS) is 13.9. The molecule has 2 heterocycles. The standard InChI is InChI=1S/C33H25N3/c1-33(2)21-20-27-30(24-18-16-23(17-19-24)22-10-4-3-5-11-22)34-32(35-31(27)33)36-28-14-8-6-12-25(28)26-13-7-9-15-29(26)36/h3-21H,1-2H3. The van der Waals surface area contributed by atoms with E-state index in [1.54, 1.807) is 0 Å². The average molecular weight is 464 g/mol. The molecule has 7 rings (SSSR count). The molecule has 2 aromatic heterocycles. The second-order valence-corrected chi connectivity index (χ2v) is 10.0. The van der Waals surface area contributed by atoms with Crippen molar-refractivity contribution < 1.29 is 0 Å². The van der Waals surface area contributed by atoms with Crippen molar-refractivity contribution in [2.24, 2.45) is 0 Å². The summed E-state index contributed by atoms with van der Waals surface area (Å²) in [7, 11) is 0. The Morgan fingerprint density at radius 1 is 0.583 bits per heavy atom. The summed E-state index contributed by atoms with van der Waals surface area (Å²) in [4.78, 5) is 10.4. The number of nitrogens with zero attached hydrogens (tertiary/aromatic N) is 3. The third-order valence-electron chi connectivity index (χ3n) is 7.26. The van der Waals surface area contributed by atoms with Crippen molar-refractivity contribution in [2.45, 2.75) is 19.3 Å². The van der Waals surface area contributed by atoms with E-state index in [1.165, 1.54) is 21.9 Å². The summed E-state index contributed by atoms with van der Waals surface area (Å²) < 4.78 is 2.21. The highest BCUT2D eigenvalue weighted by molar-refractivity contribution is 6.09. The van der Waals surface area contributed by atoms with E-state index in [0.717, 1.165) is 33.5 Å². The fourth-order valence-corrected chi connectivity index (χ4v) is 5.39. The van der Waals surface area contributed by atoms with Gasteiger partial charge in [0.05, 0.1) is 22.4 Å². The van der Waals surface area contributed by atoms with Gasteiger partial charge in [0.2, 0.25) is 5.95 Å². The van der Waals surface area contributed by atoms with Gasteiger partial charge in [-0.1, -0.05) is 117 Å². The fraction of sp³-hybridized carbons (Fsp3) is 0.0909. The highest BCUT2D eigenvalue weighted by Crippen LogP contribution is 2.40. The predicted octanol–water partition coefficient (Wildman–Crippen LogP) is 8.21. The zero-order valence-electron chi connectivity index (χ0n) is 20.3. The van der Waals surface area contributed by atoms with Gasteiger partial charge in [-0.3, -0.25) is 4.57 Å². The van der Waals surface area contributed by atoms with Crippen molar-refractivity contribution in [3.8, 4) is 28.3 Å². The molecule has 0 saturated heterocycles. The number of fused-ring (bicyclic) bond motifs is 4. The number of aromatic nitrogens is 3. The molecule has 0 saturated carbocycles. The maximum atomic E-state index is 5.23. The van der Waals surface area contributed by atoms with Crippen LogP contribution in [0.15, 0.2) is 109 Å². The van der Waals surface area contributed by atoms with E-state index in [4.69, 9.17) is 9.97 Å². The van der Waals surface area contributed by atoms with Crippen LogP contribution < -0.4 is 0 Å². The minimum Gasteiger partial charge on any atom is -0.278 e. The summed E-state index contributed by atoms with van der Waals surface area (Å²) in [5.41, 5.74) is 8.72. The summed E-state index contributed by atoms with van der Waals surface area (Å²) in [5, 5.41) is 2.42. The maximum Gasteiger partial charge on any atom is 0.235 e. The molecule has 0 atom stereocenters. The summed E-state index contributed by atoms with van der Waals surface area (Å²) in [6, 6.07) is 36.2. The van der Waals surface area contributed by atoms with Gasteiger partial charge in [0, 0.05) is 27.3 Å². The molecule has 1 aliphatic rings. The Balaban J connectivity index is 1.47.